The average Bonchev–Trinajstić information content (AvgIpc) is 1.96. The predicted molar refractivity (Wildman–Crippen MR) is 41.8 cm³/mol. The molecule has 0 aliphatic carbocycles. The van der Waals surface area contributed by atoms with E-state index in [1.54, 1.807) is 0 Å². The van der Waals surface area contributed by atoms with Crippen LogP contribution in [0.25, 0.3) is 0 Å². The van der Waals surface area contributed by atoms with Gasteiger partial charge in [0.05, 0.1) is 13.2 Å². The van der Waals surface area contributed by atoms with Crippen LogP contribution in [0.1, 0.15) is 6.42 Å². The quantitative estimate of drug-likeness (QED) is 0.398. The first-order chi connectivity index (χ1) is 5.81. The maximum Gasteiger partial charge on any atom is 0.274 e. The summed E-state index contributed by atoms with van der Waals surface area (Å²) in [5, 5.41) is 0.463. The Hall–Kier alpha value is 0.450. The van der Waals surface area contributed by atoms with E-state index in [1.807, 2.05) is 0 Å². The van der Waals surface area contributed by atoms with Gasteiger partial charge in [-0.1, -0.05) is 15.9 Å². The lowest BCUT2D eigenvalue weighted by atomic mass is 10.5. The van der Waals surface area contributed by atoms with Crippen LogP contribution in [0.15, 0.2) is 0 Å². The van der Waals surface area contributed by atoms with Gasteiger partial charge < -0.3 is 19.1 Å². The zero-order valence-corrected chi connectivity index (χ0v) is 9.02. The summed E-state index contributed by atoms with van der Waals surface area (Å²) in [6, 6.07) is 0. The van der Waals surface area contributed by atoms with Gasteiger partial charge in [-0.05, 0) is 0 Å². The first-order valence-corrected chi connectivity index (χ1v) is 6.01. The molecule has 0 radical (unpaired) electrons. The molecule has 0 saturated heterocycles. The highest BCUT2D eigenvalue weighted by molar-refractivity contribution is 9.09. The molecule has 0 spiro atoms. The zero-order valence-electron chi connectivity index (χ0n) is 6.54. The largest absolute Gasteiger partial charge is 0.807 e. The van der Waals surface area contributed by atoms with Gasteiger partial charge in [0, 0.05) is 19.3 Å². The van der Waals surface area contributed by atoms with E-state index in [-0.39, 0.29) is 6.61 Å². The van der Waals surface area contributed by atoms with Crippen molar-refractivity contribution in [2.75, 3.05) is 18.5 Å². The zero-order chi connectivity index (χ0) is 10.5. The second-order valence-electron chi connectivity index (χ2n) is 2.21. The molecular weight excluding hydrogens is 273 g/mol. The predicted octanol–water partition coefficient (Wildman–Crippen LogP) is 0.294. The van der Waals surface area contributed by atoms with Crippen LogP contribution in [-0.2, 0) is 9.30 Å². The van der Waals surface area contributed by atoms with Crippen molar-refractivity contribution in [3.05, 3.63) is 0 Å². The number of ether oxygens (including phenoxy) is 1. The fourth-order valence-electron chi connectivity index (χ4n) is 0.489. The highest BCUT2D eigenvalue weighted by Gasteiger charge is 2.32. The van der Waals surface area contributed by atoms with Crippen LogP contribution in [0, 0.1) is 0 Å². The molecule has 0 heterocycles. The first kappa shape index (κ1) is 13.4. The van der Waals surface area contributed by atoms with E-state index in [2.05, 4.69) is 20.7 Å². The van der Waals surface area contributed by atoms with Crippen LogP contribution >= 0.6 is 23.5 Å². The van der Waals surface area contributed by atoms with Crippen LogP contribution in [0.5, 0.6) is 0 Å². The normalized spacial score (nSPS) is 13.3. The fraction of sp³-hybridized carbons (Fsp3) is 1.00. The molecule has 4 nitrogen and oxygen atoms in total. The van der Waals surface area contributed by atoms with Crippen molar-refractivity contribution in [1.82, 2.24) is 0 Å². The molecule has 0 aromatic rings. The lowest BCUT2D eigenvalue weighted by Gasteiger charge is -2.37. The lowest BCUT2D eigenvalue weighted by molar-refractivity contribution is -0.334. The highest BCUT2D eigenvalue weighted by Crippen LogP contribution is 2.47. The molecule has 0 bridgehead atoms. The van der Waals surface area contributed by atoms with Gasteiger partial charge >= 0.3 is 0 Å². The van der Waals surface area contributed by atoms with Crippen molar-refractivity contribution in [2.45, 2.75) is 12.1 Å². The van der Waals surface area contributed by atoms with E-state index in [4.69, 9.17) is 0 Å². The van der Waals surface area contributed by atoms with Crippen molar-refractivity contribution in [2.24, 2.45) is 0 Å². The van der Waals surface area contributed by atoms with Gasteiger partial charge in [-0.15, -0.1) is 0 Å². The van der Waals surface area contributed by atoms with E-state index >= 15 is 0 Å². The first-order valence-electron chi connectivity index (χ1n) is 3.35. The molecule has 0 rings (SSSR count). The molecule has 0 aliphatic heterocycles. The minimum absolute atomic E-state index is 0.193. The number of hydrogen-bond acceptors (Lipinski definition) is 4. The van der Waals surface area contributed by atoms with Gasteiger partial charge in [-0.25, -0.2) is 8.78 Å². The molecule has 0 saturated carbocycles. The van der Waals surface area contributed by atoms with Gasteiger partial charge in [-0.2, -0.15) is 0 Å². The molecular formula is C5H8BrF2O4P-2. The Balaban J connectivity index is 3.84. The Bertz CT molecular complexity index is 195. The third-order valence-electron chi connectivity index (χ3n) is 1.17. The summed E-state index contributed by atoms with van der Waals surface area (Å²) < 4.78 is 39.3. The van der Waals surface area contributed by atoms with Crippen molar-refractivity contribution in [3.8, 4) is 0 Å². The SMILES string of the molecule is O=P([O-])([O-])C(F)(F)CCOCCBr. The third-order valence-corrected chi connectivity index (χ3v) is 2.52. The van der Waals surface area contributed by atoms with Crippen molar-refractivity contribution < 1.29 is 27.9 Å². The van der Waals surface area contributed by atoms with E-state index < -0.39 is 26.3 Å². The number of rotatable bonds is 6. The van der Waals surface area contributed by atoms with Gasteiger partial charge in [0.25, 0.3) is 5.66 Å². The molecule has 80 valence electrons. The summed E-state index contributed by atoms with van der Waals surface area (Å²) in [5.74, 6) is 0. The van der Waals surface area contributed by atoms with Gasteiger partial charge in [0.15, 0.2) is 0 Å². The van der Waals surface area contributed by atoms with Crippen LogP contribution in [-0.4, -0.2) is 24.2 Å². The second-order valence-corrected chi connectivity index (χ2v) is 4.66. The van der Waals surface area contributed by atoms with Crippen molar-refractivity contribution in [3.63, 3.8) is 0 Å². The van der Waals surface area contributed by atoms with E-state index in [0.717, 1.165) is 0 Å². The smallest absolute Gasteiger partial charge is 0.274 e. The van der Waals surface area contributed by atoms with Crippen molar-refractivity contribution in [1.29, 1.82) is 0 Å². The van der Waals surface area contributed by atoms with Crippen molar-refractivity contribution >= 4 is 23.5 Å². The Morgan fingerprint density at radius 3 is 2.31 bits per heavy atom. The summed E-state index contributed by atoms with van der Waals surface area (Å²) >= 11 is 2.98. The Labute approximate surface area is 82.6 Å². The third kappa shape index (κ3) is 5.02. The summed E-state index contributed by atoms with van der Waals surface area (Å²) in [6.45, 7) is -0.259. The maximum atomic E-state index is 12.4. The summed E-state index contributed by atoms with van der Waals surface area (Å²) in [5.41, 5.74) is -4.21. The van der Waals surface area contributed by atoms with Crippen LogP contribution in [0.2, 0.25) is 0 Å². The fourth-order valence-corrected chi connectivity index (χ4v) is 1.08. The number of hydrogen-bond donors (Lipinski definition) is 0. The molecule has 0 atom stereocenters. The average molecular weight is 281 g/mol. The molecule has 0 aliphatic rings. The van der Waals surface area contributed by atoms with Crippen LogP contribution < -0.4 is 9.79 Å². The summed E-state index contributed by atoms with van der Waals surface area (Å²) in [7, 11) is -5.84. The van der Waals surface area contributed by atoms with Gasteiger partial charge in [0.2, 0.25) is 0 Å². The monoisotopic (exact) mass is 280 g/mol. The molecule has 0 unspecified atom stereocenters. The Morgan fingerprint density at radius 2 is 1.92 bits per heavy atom. The Morgan fingerprint density at radius 1 is 1.38 bits per heavy atom. The van der Waals surface area contributed by atoms with Crippen LogP contribution in [0.3, 0.4) is 0 Å². The highest BCUT2D eigenvalue weighted by atomic mass is 79.9. The molecule has 0 N–H and O–H groups in total. The second kappa shape index (κ2) is 5.36. The van der Waals surface area contributed by atoms with Crippen LogP contribution in [0.4, 0.5) is 8.78 Å². The minimum atomic E-state index is -5.84. The molecule has 0 aromatic heterocycles. The lowest BCUT2D eigenvalue weighted by Crippen LogP contribution is -2.32. The maximum absolute atomic E-state index is 12.4. The van der Waals surface area contributed by atoms with Gasteiger partial charge in [-0.3, -0.25) is 0 Å². The summed E-state index contributed by atoms with van der Waals surface area (Å²) in [4.78, 5) is 19.9. The van der Waals surface area contributed by atoms with Gasteiger partial charge in [0.1, 0.15) is 0 Å². The number of halogens is 3. The van der Waals surface area contributed by atoms with E-state index in [9.17, 15) is 23.1 Å². The summed E-state index contributed by atoms with van der Waals surface area (Å²) in [6.07, 6.45) is -1.09. The molecule has 0 aromatic carbocycles. The topological polar surface area (TPSA) is 72.4 Å². The number of alkyl halides is 3. The van der Waals surface area contributed by atoms with E-state index in [1.165, 1.54) is 0 Å². The van der Waals surface area contributed by atoms with E-state index in [0.29, 0.717) is 5.33 Å². The molecule has 0 amide bonds. The Kier molecular flexibility index (Phi) is 5.55. The minimum Gasteiger partial charge on any atom is -0.807 e. The standard InChI is InChI=1S/C5H10BrF2O4P/c6-2-4-12-3-1-5(7,8)13(9,10)11/h1-4H2,(H2,9,10,11)/p-2. The molecule has 8 heteroatoms. The molecule has 0 fully saturated rings. The molecule has 13 heavy (non-hydrogen) atoms.